The molecule has 0 spiro atoms. The zero-order valence-corrected chi connectivity index (χ0v) is 12.7. The molecule has 1 aromatic heterocycles. The van der Waals surface area contributed by atoms with Gasteiger partial charge in [0.25, 0.3) is 0 Å². The average Bonchev–Trinajstić information content (AvgIpc) is 2.51. The normalized spacial score (nSPS) is 10.2. The Labute approximate surface area is 125 Å². The molecule has 0 radical (unpaired) electrons. The van der Waals surface area contributed by atoms with Crippen LogP contribution in [0.15, 0.2) is 24.3 Å². The van der Waals surface area contributed by atoms with E-state index < -0.39 is 0 Å². The van der Waals surface area contributed by atoms with E-state index in [1.54, 1.807) is 7.05 Å². The van der Waals surface area contributed by atoms with E-state index in [1.165, 1.54) is 11.1 Å². The molecule has 2 rings (SSSR count). The smallest absolute Gasteiger partial charge is 0.323 e. The molecule has 112 valence electrons. The fourth-order valence-electron chi connectivity index (χ4n) is 1.81. The predicted octanol–water partition coefficient (Wildman–Crippen LogP) is 2.62. The Kier molecular flexibility index (Phi) is 5.31. The lowest BCUT2D eigenvalue weighted by Gasteiger charge is -2.09. The number of aryl methyl sites for hydroxylation is 1. The number of aromatic nitrogens is 3. The van der Waals surface area contributed by atoms with Crippen LogP contribution >= 0.6 is 0 Å². The van der Waals surface area contributed by atoms with E-state index in [0.717, 1.165) is 6.42 Å². The fraction of sp³-hybridized carbons (Fsp3) is 0.400. The van der Waals surface area contributed by atoms with Gasteiger partial charge < -0.3 is 15.4 Å². The summed E-state index contributed by atoms with van der Waals surface area (Å²) < 4.78 is 5.47. The van der Waals surface area contributed by atoms with Crippen molar-refractivity contribution in [1.82, 2.24) is 15.0 Å². The van der Waals surface area contributed by atoms with E-state index in [-0.39, 0.29) is 0 Å². The molecule has 0 saturated heterocycles. The van der Waals surface area contributed by atoms with Crippen LogP contribution in [0.25, 0.3) is 0 Å². The lowest BCUT2D eigenvalue weighted by Crippen LogP contribution is -2.09. The van der Waals surface area contributed by atoms with E-state index in [4.69, 9.17) is 4.74 Å². The standard InChI is InChI=1S/C15H21N5O/c1-4-8-21-15-19-13(16-3)18-14(20-15)17-10-12-7-5-6-11(2)9-12/h5-7,9H,4,8,10H2,1-3H3,(H2,16,17,18,19,20). The van der Waals surface area contributed by atoms with Crippen LogP contribution in [-0.4, -0.2) is 28.6 Å². The number of hydrogen-bond donors (Lipinski definition) is 2. The minimum atomic E-state index is 0.336. The quantitative estimate of drug-likeness (QED) is 0.815. The highest BCUT2D eigenvalue weighted by Crippen LogP contribution is 2.12. The molecule has 0 amide bonds. The minimum Gasteiger partial charge on any atom is -0.463 e. The summed E-state index contributed by atoms with van der Waals surface area (Å²) in [6.07, 6.45) is 0.909. The van der Waals surface area contributed by atoms with Crippen molar-refractivity contribution < 1.29 is 4.74 Å². The molecule has 0 bridgehead atoms. The summed E-state index contributed by atoms with van der Waals surface area (Å²) in [4.78, 5) is 12.7. The summed E-state index contributed by atoms with van der Waals surface area (Å²) in [5.41, 5.74) is 2.41. The molecule has 2 aromatic rings. The molecule has 0 aliphatic heterocycles. The summed E-state index contributed by atoms with van der Waals surface area (Å²) in [6, 6.07) is 8.63. The molecule has 2 N–H and O–H groups in total. The number of nitrogens with zero attached hydrogens (tertiary/aromatic N) is 3. The van der Waals surface area contributed by atoms with Crippen LogP contribution in [-0.2, 0) is 6.54 Å². The lowest BCUT2D eigenvalue weighted by atomic mass is 10.1. The van der Waals surface area contributed by atoms with E-state index in [2.05, 4.69) is 50.7 Å². The van der Waals surface area contributed by atoms with Crippen molar-refractivity contribution in [2.24, 2.45) is 0 Å². The largest absolute Gasteiger partial charge is 0.463 e. The summed E-state index contributed by atoms with van der Waals surface area (Å²) >= 11 is 0. The van der Waals surface area contributed by atoms with Crippen molar-refractivity contribution in [3.8, 4) is 6.01 Å². The maximum Gasteiger partial charge on any atom is 0.323 e. The van der Waals surface area contributed by atoms with Crippen molar-refractivity contribution in [3.63, 3.8) is 0 Å². The minimum absolute atomic E-state index is 0.336. The van der Waals surface area contributed by atoms with Crippen LogP contribution in [0.4, 0.5) is 11.9 Å². The van der Waals surface area contributed by atoms with Crippen molar-refractivity contribution in [2.45, 2.75) is 26.8 Å². The van der Waals surface area contributed by atoms with Gasteiger partial charge in [0.15, 0.2) is 0 Å². The van der Waals surface area contributed by atoms with E-state index >= 15 is 0 Å². The molecule has 1 heterocycles. The molecule has 0 aliphatic rings. The second kappa shape index (κ2) is 7.42. The van der Waals surface area contributed by atoms with Crippen LogP contribution in [0, 0.1) is 6.92 Å². The second-order valence-electron chi connectivity index (χ2n) is 4.71. The third kappa shape index (κ3) is 4.59. The van der Waals surface area contributed by atoms with Gasteiger partial charge in [-0.3, -0.25) is 0 Å². The summed E-state index contributed by atoms with van der Waals surface area (Å²) in [7, 11) is 1.77. The zero-order chi connectivity index (χ0) is 15.1. The highest BCUT2D eigenvalue weighted by atomic mass is 16.5. The van der Waals surface area contributed by atoms with Crippen molar-refractivity contribution >= 4 is 11.9 Å². The molecule has 1 aromatic carbocycles. The van der Waals surface area contributed by atoms with Gasteiger partial charge in [0.2, 0.25) is 11.9 Å². The average molecular weight is 287 g/mol. The molecule has 0 atom stereocenters. The SMILES string of the molecule is CCCOc1nc(NC)nc(NCc2cccc(C)c2)n1. The van der Waals surface area contributed by atoms with Crippen LogP contribution in [0.2, 0.25) is 0 Å². The van der Waals surface area contributed by atoms with Gasteiger partial charge in [0.1, 0.15) is 0 Å². The Morgan fingerprint density at radius 1 is 1.14 bits per heavy atom. The highest BCUT2D eigenvalue weighted by Gasteiger charge is 2.06. The van der Waals surface area contributed by atoms with E-state index in [0.29, 0.717) is 31.1 Å². The van der Waals surface area contributed by atoms with Gasteiger partial charge in [-0.2, -0.15) is 15.0 Å². The summed E-state index contributed by atoms with van der Waals surface area (Å²) in [5.74, 6) is 0.991. The number of ether oxygens (including phenoxy) is 1. The first-order chi connectivity index (χ1) is 10.2. The second-order valence-corrected chi connectivity index (χ2v) is 4.71. The van der Waals surface area contributed by atoms with Crippen LogP contribution in [0.3, 0.4) is 0 Å². The van der Waals surface area contributed by atoms with Crippen molar-refractivity contribution in [1.29, 1.82) is 0 Å². The van der Waals surface area contributed by atoms with Crippen molar-refractivity contribution in [2.75, 3.05) is 24.3 Å². The Hall–Kier alpha value is -2.37. The summed E-state index contributed by atoms with van der Waals surface area (Å²) in [6.45, 7) is 5.35. The highest BCUT2D eigenvalue weighted by molar-refractivity contribution is 5.36. The third-order valence-electron chi connectivity index (χ3n) is 2.81. The topological polar surface area (TPSA) is 72.0 Å². The Morgan fingerprint density at radius 3 is 2.67 bits per heavy atom. The molecule has 0 saturated carbocycles. The zero-order valence-electron chi connectivity index (χ0n) is 12.7. The van der Waals surface area contributed by atoms with Gasteiger partial charge in [0.05, 0.1) is 6.61 Å². The van der Waals surface area contributed by atoms with Crippen LogP contribution < -0.4 is 15.4 Å². The van der Waals surface area contributed by atoms with Gasteiger partial charge in [-0.25, -0.2) is 0 Å². The molecular weight excluding hydrogens is 266 g/mol. The van der Waals surface area contributed by atoms with E-state index in [1.807, 2.05) is 13.0 Å². The van der Waals surface area contributed by atoms with Crippen molar-refractivity contribution in [3.05, 3.63) is 35.4 Å². The molecule has 21 heavy (non-hydrogen) atoms. The number of benzene rings is 1. The predicted molar refractivity (Wildman–Crippen MR) is 83.7 cm³/mol. The first kappa shape index (κ1) is 15.0. The molecule has 6 nitrogen and oxygen atoms in total. The van der Waals surface area contributed by atoms with Gasteiger partial charge in [-0.05, 0) is 18.9 Å². The van der Waals surface area contributed by atoms with Gasteiger partial charge in [-0.15, -0.1) is 0 Å². The number of rotatable bonds is 7. The monoisotopic (exact) mass is 287 g/mol. The molecule has 6 heteroatoms. The maximum atomic E-state index is 5.47. The number of hydrogen-bond acceptors (Lipinski definition) is 6. The molecule has 0 unspecified atom stereocenters. The molecule has 0 aliphatic carbocycles. The van der Waals surface area contributed by atoms with Gasteiger partial charge in [-0.1, -0.05) is 36.8 Å². The summed E-state index contributed by atoms with van der Waals surface area (Å²) in [5, 5.41) is 6.11. The van der Waals surface area contributed by atoms with Crippen LogP contribution in [0.1, 0.15) is 24.5 Å². The third-order valence-corrected chi connectivity index (χ3v) is 2.81. The lowest BCUT2D eigenvalue weighted by molar-refractivity contribution is 0.292. The van der Waals surface area contributed by atoms with Crippen LogP contribution in [0.5, 0.6) is 6.01 Å². The Bertz CT molecular complexity index is 588. The molecular formula is C15H21N5O. The van der Waals surface area contributed by atoms with Gasteiger partial charge >= 0.3 is 6.01 Å². The Morgan fingerprint density at radius 2 is 1.95 bits per heavy atom. The molecule has 0 fully saturated rings. The van der Waals surface area contributed by atoms with E-state index in [9.17, 15) is 0 Å². The first-order valence-electron chi connectivity index (χ1n) is 7.07. The Balaban J connectivity index is 2.07. The fourth-order valence-corrected chi connectivity index (χ4v) is 1.81. The number of nitrogens with one attached hydrogen (secondary N) is 2. The van der Waals surface area contributed by atoms with Gasteiger partial charge in [0, 0.05) is 13.6 Å². The number of anilines is 2. The maximum absolute atomic E-state index is 5.47. The first-order valence-corrected chi connectivity index (χ1v) is 7.07.